The van der Waals surface area contributed by atoms with Crippen LogP contribution in [0.15, 0.2) is 60.4 Å². The van der Waals surface area contributed by atoms with Gasteiger partial charge in [0.15, 0.2) is 17.3 Å². The quantitative estimate of drug-likeness (QED) is 0.496. The number of allylic oxidation sites excluding steroid dienone is 1. The van der Waals surface area contributed by atoms with Crippen molar-refractivity contribution in [2.75, 3.05) is 28.1 Å². The lowest BCUT2D eigenvalue weighted by Crippen LogP contribution is -2.31. The molecule has 7 heteroatoms. The Kier molecular flexibility index (Phi) is 5.86. The number of ketones is 1. The van der Waals surface area contributed by atoms with E-state index in [1.54, 1.807) is 39.5 Å². The Labute approximate surface area is 198 Å². The molecule has 0 unspecified atom stereocenters. The Morgan fingerprint density at radius 2 is 1.74 bits per heavy atom. The van der Waals surface area contributed by atoms with Crippen LogP contribution in [0.25, 0.3) is 6.08 Å². The summed E-state index contributed by atoms with van der Waals surface area (Å²) in [5.74, 6) is 3.27. The van der Waals surface area contributed by atoms with Gasteiger partial charge in [0.2, 0.25) is 5.78 Å². The lowest BCUT2D eigenvalue weighted by molar-refractivity contribution is 0.0865. The van der Waals surface area contributed by atoms with Gasteiger partial charge in [0.1, 0.15) is 24.0 Å². The zero-order valence-electron chi connectivity index (χ0n) is 19.3. The predicted octanol–water partition coefficient (Wildman–Crippen LogP) is 4.68. The minimum absolute atomic E-state index is 0.176. The van der Waals surface area contributed by atoms with Crippen molar-refractivity contribution in [2.24, 2.45) is 0 Å². The highest BCUT2D eigenvalue weighted by Gasteiger charge is 2.34. The maximum Gasteiger partial charge on any atom is 0.231 e. The van der Waals surface area contributed by atoms with E-state index >= 15 is 0 Å². The van der Waals surface area contributed by atoms with E-state index in [0.29, 0.717) is 48.2 Å². The molecule has 5 rings (SSSR count). The van der Waals surface area contributed by atoms with Gasteiger partial charge in [-0.2, -0.15) is 0 Å². The second-order valence-corrected chi connectivity index (χ2v) is 8.01. The summed E-state index contributed by atoms with van der Waals surface area (Å²) in [5, 5.41) is 0. The van der Waals surface area contributed by atoms with Crippen LogP contribution in [0.4, 0.5) is 0 Å². The maximum atomic E-state index is 13.2. The predicted molar refractivity (Wildman–Crippen MR) is 127 cm³/mol. The van der Waals surface area contributed by atoms with Crippen molar-refractivity contribution in [3.63, 3.8) is 0 Å². The first-order valence-electron chi connectivity index (χ1n) is 10.9. The second kappa shape index (κ2) is 9.11. The Hall–Kier alpha value is -3.97. The van der Waals surface area contributed by atoms with Crippen LogP contribution in [-0.4, -0.2) is 38.7 Å². The minimum Gasteiger partial charge on any atom is -0.496 e. The fraction of sp³-hybridized carbons (Fsp3) is 0.222. The molecule has 3 aromatic carbocycles. The number of hydrogen-bond acceptors (Lipinski definition) is 7. The molecule has 0 saturated carbocycles. The van der Waals surface area contributed by atoms with Gasteiger partial charge < -0.3 is 23.7 Å². The van der Waals surface area contributed by atoms with Crippen molar-refractivity contribution in [1.82, 2.24) is 4.90 Å². The molecule has 0 fully saturated rings. The number of methoxy groups -OCH3 is 3. The molecule has 7 nitrogen and oxygen atoms in total. The van der Waals surface area contributed by atoms with Crippen LogP contribution in [0.5, 0.6) is 28.7 Å². The molecular formula is C27H25NO6. The number of benzene rings is 3. The minimum atomic E-state index is -0.176. The van der Waals surface area contributed by atoms with Gasteiger partial charge in [0.25, 0.3) is 0 Å². The summed E-state index contributed by atoms with van der Waals surface area (Å²) in [7, 11) is 4.80. The highest BCUT2D eigenvalue weighted by Crippen LogP contribution is 2.43. The summed E-state index contributed by atoms with van der Waals surface area (Å²) in [6.07, 6.45) is 1.69. The molecule has 0 atom stereocenters. The molecule has 0 aliphatic carbocycles. The average Bonchev–Trinajstić information content (AvgIpc) is 3.19. The van der Waals surface area contributed by atoms with Crippen molar-refractivity contribution in [1.29, 1.82) is 0 Å². The van der Waals surface area contributed by atoms with Crippen LogP contribution in [0.2, 0.25) is 0 Å². The number of para-hydroxylation sites is 2. The Morgan fingerprint density at radius 3 is 2.53 bits per heavy atom. The third-order valence-corrected chi connectivity index (χ3v) is 5.99. The number of carbonyl (C=O) groups is 1. The van der Waals surface area contributed by atoms with Gasteiger partial charge in [-0.25, -0.2) is 0 Å². The summed E-state index contributed by atoms with van der Waals surface area (Å²) < 4.78 is 28.5. The van der Waals surface area contributed by atoms with Crippen molar-refractivity contribution < 1.29 is 28.5 Å². The molecule has 2 heterocycles. The van der Waals surface area contributed by atoms with E-state index in [4.69, 9.17) is 23.7 Å². The van der Waals surface area contributed by atoms with E-state index in [-0.39, 0.29) is 11.5 Å². The highest BCUT2D eigenvalue weighted by atomic mass is 16.5. The van der Waals surface area contributed by atoms with Crippen LogP contribution in [-0.2, 0) is 13.1 Å². The van der Waals surface area contributed by atoms with Crippen LogP contribution in [0, 0.1) is 0 Å². The molecule has 0 saturated heterocycles. The summed E-state index contributed by atoms with van der Waals surface area (Å²) in [4.78, 5) is 15.3. The first kappa shape index (κ1) is 21.9. The monoisotopic (exact) mass is 459 g/mol. The van der Waals surface area contributed by atoms with Crippen molar-refractivity contribution in [2.45, 2.75) is 13.1 Å². The first-order chi connectivity index (χ1) is 16.6. The number of nitrogens with zero attached hydrogens (tertiary/aromatic N) is 1. The normalized spacial score (nSPS) is 15.9. The van der Waals surface area contributed by atoms with Crippen molar-refractivity contribution in [3.05, 3.63) is 82.6 Å². The Balaban J connectivity index is 1.44. The van der Waals surface area contributed by atoms with Gasteiger partial charge >= 0.3 is 0 Å². The van der Waals surface area contributed by atoms with Gasteiger partial charge in [-0.1, -0.05) is 30.3 Å². The second-order valence-electron chi connectivity index (χ2n) is 8.01. The molecule has 0 N–H and O–H groups in total. The fourth-order valence-electron chi connectivity index (χ4n) is 4.35. The largest absolute Gasteiger partial charge is 0.496 e. The SMILES string of the molecule is COc1ccccc1CN1COc2ccc3c(c2C1)O/C(=C\c1cccc(OC)c1OC)C3=O. The molecule has 174 valence electrons. The van der Waals surface area contributed by atoms with Crippen LogP contribution < -0.4 is 23.7 Å². The summed E-state index contributed by atoms with van der Waals surface area (Å²) >= 11 is 0. The molecule has 34 heavy (non-hydrogen) atoms. The van der Waals surface area contributed by atoms with Crippen molar-refractivity contribution in [3.8, 4) is 28.7 Å². The van der Waals surface area contributed by atoms with E-state index in [9.17, 15) is 4.79 Å². The molecule has 0 aromatic heterocycles. The number of fused-ring (bicyclic) bond motifs is 3. The van der Waals surface area contributed by atoms with Gasteiger partial charge in [0, 0.05) is 24.2 Å². The Morgan fingerprint density at radius 1 is 0.941 bits per heavy atom. The van der Waals surface area contributed by atoms with E-state index < -0.39 is 0 Å². The summed E-state index contributed by atoms with van der Waals surface area (Å²) in [6.45, 7) is 1.66. The van der Waals surface area contributed by atoms with Crippen molar-refractivity contribution >= 4 is 11.9 Å². The van der Waals surface area contributed by atoms with Gasteiger partial charge in [-0.15, -0.1) is 0 Å². The topological polar surface area (TPSA) is 66.5 Å². The van der Waals surface area contributed by atoms with E-state index in [1.165, 1.54) is 0 Å². The zero-order valence-corrected chi connectivity index (χ0v) is 19.3. The molecular weight excluding hydrogens is 434 g/mol. The summed E-state index contributed by atoms with van der Waals surface area (Å²) in [6, 6.07) is 17.0. The molecule has 0 radical (unpaired) electrons. The third-order valence-electron chi connectivity index (χ3n) is 5.99. The van der Waals surface area contributed by atoms with Gasteiger partial charge in [-0.05, 0) is 30.3 Å². The molecule has 2 aliphatic rings. The molecule has 0 amide bonds. The van der Waals surface area contributed by atoms with Crippen LogP contribution in [0.3, 0.4) is 0 Å². The average molecular weight is 459 g/mol. The molecule has 0 spiro atoms. The fourth-order valence-corrected chi connectivity index (χ4v) is 4.35. The smallest absolute Gasteiger partial charge is 0.231 e. The molecule has 2 aliphatic heterocycles. The van der Waals surface area contributed by atoms with Crippen LogP contribution >= 0.6 is 0 Å². The lowest BCUT2D eigenvalue weighted by atomic mass is 10.0. The third kappa shape index (κ3) is 3.84. The maximum absolute atomic E-state index is 13.2. The number of ether oxygens (including phenoxy) is 5. The van der Waals surface area contributed by atoms with Gasteiger partial charge in [-0.3, -0.25) is 9.69 Å². The van der Waals surface area contributed by atoms with E-state index in [2.05, 4.69) is 4.90 Å². The molecule has 3 aromatic rings. The number of Topliss-reactive ketones (excluding diaryl/α,β-unsaturated/α-hetero) is 1. The zero-order chi connectivity index (χ0) is 23.7. The Bertz CT molecular complexity index is 1280. The lowest BCUT2D eigenvalue weighted by Gasteiger charge is -2.30. The molecule has 0 bridgehead atoms. The van der Waals surface area contributed by atoms with Crippen LogP contribution in [0.1, 0.15) is 27.0 Å². The number of hydrogen-bond donors (Lipinski definition) is 0. The van der Waals surface area contributed by atoms with E-state index in [0.717, 1.165) is 22.6 Å². The standard InChI is InChI=1S/C27H25NO6/c1-30-21-9-5-4-7-18(21)14-28-15-20-22(33-16-28)12-11-19-25(29)24(34-27(19)20)13-17-8-6-10-23(31-2)26(17)32-3/h4-13H,14-16H2,1-3H3/b24-13-. The highest BCUT2D eigenvalue weighted by molar-refractivity contribution is 6.15. The van der Waals surface area contributed by atoms with Gasteiger partial charge in [0.05, 0.1) is 32.5 Å². The number of carbonyl (C=O) groups excluding carboxylic acids is 1. The summed E-state index contributed by atoms with van der Waals surface area (Å²) in [5.41, 5.74) is 3.14. The van der Waals surface area contributed by atoms with E-state index in [1.807, 2.05) is 42.5 Å². The number of rotatable bonds is 6. The first-order valence-corrected chi connectivity index (χ1v) is 10.9.